The zero-order valence-electron chi connectivity index (χ0n) is 10.1. The largest absolute Gasteiger partial charge is 0.445 e. The average molecular weight is 331 g/mol. The number of unbranched alkanes of at least 4 members (excludes halogenated alkanes) is 1. The lowest BCUT2D eigenvalue weighted by Crippen LogP contribution is -2.34. The third-order valence-electron chi connectivity index (χ3n) is 2.41. The van der Waals surface area contributed by atoms with Gasteiger partial charge in [0.1, 0.15) is 0 Å². The minimum absolute atomic E-state index is 0.133. The van der Waals surface area contributed by atoms with Gasteiger partial charge in [-0.15, -0.1) is 34.5 Å². The van der Waals surface area contributed by atoms with Gasteiger partial charge in [0.15, 0.2) is 0 Å². The van der Waals surface area contributed by atoms with Gasteiger partial charge in [-0.1, -0.05) is 13.3 Å². The van der Waals surface area contributed by atoms with E-state index in [-0.39, 0.29) is 6.54 Å². The maximum atomic E-state index is 14.5. The lowest BCUT2D eigenvalue weighted by molar-refractivity contribution is -0.770. The molecule has 1 aliphatic rings. The number of rotatable bonds is 4. The average Bonchev–Trinajstić information content (AvgIpc) is 2.08. The molecule has 0 saturated carbocycles. The van der Waals surface area contributed by atoms with Gasteiger partial charge >= 0.3 is 23.3 Å². The summed E-state index contributed by atoms with van der Waals surface area (Å²) in [5.41, 5.74) is 0. The van der Waals surface area contributed by atoms with Crippen LogP contribution < -0.4 is 0 Å². The van der Waals surface area contributed by atoms with Gasteiger partial charge in [-0.25, -0.2) is 0 Å². The zero-order valence-corrected chi connectivity index (χ0v) is 12.8. The van der Waals surface area contributed by atoms with Crippen LogP contribution >= 0.6 is 23.3 Å². The summed E-state index contributed by atoms with van der Waals surface area (Å²) >= 11 is 0. The first-order valence-electron chi connectivity index (χ1n) is 5.16. The molecule has 0 aromatic rings. The van der Waals surface area contributed by atoms with E-state index in [1.54, 1.807) is 0 Å². The van der Waals surface area contributed by atoms with Crippen molar-refractivity contribution in [3.8, 4) is 0 Å². The van der Waals surface area contributed by atoms with Crippen molar-refractivity contribution in [2.75, 3.05) is 20.6 Å². The second-order valence-corrected chi connectivity index (χ2v) is 10.4. The normalized spacial score (nSPS) is 30.0. The topological polar surface area (TPSA) is 37.1 Å². The predicted molar refractivity (Wildman–Crippen MR) is 65.5 cm³/mol. The van der Waals surface area contributed by atoms with Crippen molar-refractivity contribution in [2.24, 2.45) is 13.5 Å². The van der Waals surface area contributed by atoms with E-state index in [1.807, 2.05) is 11.4 Å². The number of halogens is 5. The lowest BCUT2D eigenvalue weighted by Gasteiger charge is -2.33. The highest BCUT2D eigenvalue weighted by atomic mass is 31.3. The van der Waals surface area contributed by atoms with Crippen LogP contribution in [0.5, 0.6) is 0 Å². The van der Waals surface area contributed by atoms with Gasteiger partial charge in [0.2, 0.25) is 0 Å². The number of hydrogen-bond acceptors (Lipinski definition) is 3. The Bertz CT molecular complexity index is 482. The van der Waals surface area contributed by atoms with Crippen LogP contribution in [0, 0.1) is 0 Å². The van der Waals surface area contributed by atoms with E-state index in [0.717, 1.165) is 0 Å². The molecule has 1 aliphatic heterocycles. The molecule has 108 valence electrons. The van der Waals surface area contributed by atoms with Crippen LogP contribution in [0.15, 0.2) is 13.5 Å². The Morgan fingerprint density at radius 3 is 1.83 bits per heavy atom. The second-order valence-electron chi connectivity index (χ2n) is 4.37. The maximum Gasteiger partial charge on any atom is 0.445 e. The van der Waals surface area contributed by atoms with Crippen molar-refractivity contribution in [3.63, 3.8) is 0 Å². The first-order valence-corrected chi connectivity index (χ1v) is 9.65. The molecule has 0 radical (unpaired) electrons. The van der Waals surface area contributed by atoms with Crippen LogP contribution in [0.3, 0.4) is 0 Å². The Labute approximate surface area is 103 Å². The molecule has 0 aromatic heterocycles. The number of hydrogen-bond donors (Lipinski definition) is 0. The molecule has 0 saturated heterocycles. The first-order chi connectivity index (χ1) is 7.93. The molecule has 1 rings (SSSR count). The fourth-order valence-corrected chi connectivity index (χ4v) is 8.10. The molecule has 1 unspecified atom stereocenters. The van der Waals surface area contributed by atoms with E-state index in [2.05, 4.69) is 9.03 Å². The summed E-state index contributed by atoms with van der Waals surface area (Å²) in [5, 5.41) is 0. The monoisotopic (exact) mass is 331 g/mol. The highest BCUT2D eigenvalue weighted by molar-refractivity contribution is 7.77. The smallest absolute Gasteiger partial charge is 0.259 e. The van der Waals surface area contributed by atoms with Crippen molar-refractivity contribution in [1.82, 2.24) is 0 Å². The van der Waals surface area contributed by atoms with Gasteiger partial charge in [-0.05, 0) is 6.42 Å². The maximum absolute atomic E-state index is 14.5. The summed E-state index contributed by atoms with van der Waals surface area (Å²) < 4.78 is 73.5. The second kappa shape index (κ2) is 5.01. The lowest BCUT2D eigenvalue weighted by atomic mass is 10.3. The van der Waals surface area contributed by atoms with Gasteiger partial charge in [-0.3, -0.25) is 4.25 Å². The summed E-state index contributed by atoms with van der Waals surface area (Å²) in [7, 11) is -13.3. The molecule has 18 heavy (non-hydrogen) atoms. The van der Waals surface area contributed by atoms with Gasteiger partial charge in [0.05, 0.1) is 20.6 Å². The minimum Gasteiger partial charge on any atom is -0.259 e. The Balaban J connectivity index is 3.34. The highest BCUT2D eigenvalue weighted by Crippen LogP contribution is 2.83. The van der Waals surface area contributed by atoms with Crippen molar-refractivity contribution < 1.29 is 25.2 Å². The fraction of sp³-hybridized carbons (Fsp3) is 1.00. The van der Waals surface area contributed by atoms with E-state index in [0.29, 0.717) is 12.8 Å². The van der Waals surface area contributed by atoms with E-state index < -0.39 is 27.6 Å². The van der Waals surface area contributed by atoms with Crippen LogP contribution in [0.2, 0.25) is 0 Å². The molecule has 0 spiro atoms. The van der Waals surface area contributed by atoms with Crippen LogP contribution in [0.4, 0.5) is 21.0 Å². The Morgan fingerprint density at radius 1 is 0.889 bits per heavy atom. The summed E-state index contributed by atoms with van der Waals surface area (Å²) in [6.45, 7) is 1.96. The van der Waals surface area contributed by atoms with Gasteiger partial charge in [0.25, 0.3) is 0 Å². The van der Waals surface area contributed by atoms with Gasteiger partial charge < -0.3 is 0 Å². The molecule has 0 N–H and O–H groups in total. The first kappa shape index (κ1) is 16.4. The van der Waals surface area contributed by atoms with Crippen molar-refractivity contribution >= 4 is 23.3 Å². The molecule has 1 heterocycles. The minimum atomic E-state index is -5.59. The van der Waals surface area contributed by atoms with Crippen LogP contribution in [0.1, 0.15) is 19.8 Å². The summed E-state index contributed by atoms with van der Waals surface area (Å²) in [5.74, 6) is 0. The van der Waals surface area contributed by atoms with Crippen molar-refractivity contribution in [2.45, 2.75) is 19.8 Å². The molecule has 1 atom stereocenters. The molecule has 0 fully saturated rings. The van der Waals surface area contributed by atoms with Crippen LogP contribution in [-0.2, 0) is 0 Å². The molecule has 0 amide bonds. The molecule has 4 nitrogen and oxygen atoms in total. The number of quaternary nitrogens is 1. The van der Waals surface area contributed by atoms with E-state index in [9.17, 15) is 21.0 Å². The van der Waals surface area contributed by atoms with E-state index in [1.165, 1.54) is 14.1 Å². The third kappa shape index (κ3) is 3.66. The van der Waals surface area contributed by atoms with E-state index in [4.69, 9.17) is 0 Å². The standard InChI is InChI=1S/C6H15F5N4P3/c1-4-5-6-15(2,3)18(11)13-16(7,8)12-17(9,10)14-18/h4-6H2,1-3H3/q+1. The third-order valence-corrected chi connectivity index (χ3v) is 9.25. The van der Waals surface area contributed by atoms with Crippen LogP contribution in [-0.4, -0.2) is 24.9 Å². The Morgan fingerprint density at radius 2 is 1.39 bits per heavy atom. The quantitative estimate of drug-likeness (QED) is 0.413. The highest BCUT2D eigenvalue weighted by Gasteiger charge is 2.49. The molecule has 12 heteroatoms. The van der Waals surface area contributed by atoms with Crippen LogP contribution in [0.25, 0.3) is 0 Å². The SMILES string of the molecule is CCCC[N+](C)(C)P1(F)=NP(F)(F)=NP(F)(F)=N1. The van der Waals surface area contributed by atoms with Gasteiger partial charge in [0, 0.05) is 0 Å². The molecule has 0 bridgehead atoms. The predicted octanol–water partition coefficient (Wildman–Crippen LogP) is 6.56. The summed E-state index contributed by atoms with van der Waals surface area (Å²) in [6, 6.07) is 0. The molecular formula is C6H15F5N4P3+. The van der Waals surface area contributed by atoms with E-state index >= 15 is 0 Å². The molecule has 0 aromatic carbocycles. The zero-order chi connectivity index (χ0) is 14.2. The number of nitrogens with zero attached hydrogens (tertiary/aromatic N) is 4. The Hall–Kier alpha value is 0.300. The fourth-order valence-electron chi connectivity index (χ4n) is 1.35. The molecular weight excluding hydrogens is 316 g/mol. The van der Waals surface area contributed by atoms with Crippen molar-refractivity contribution in [1.29, 1.82) is 0 Å². The van der Waals surface area contributed by atoms with Gasteiger partial charge in [-0.2, -0.15) is 0 Å². The summed E-state index contributed by atoms with van der Waals surface area (Å²) in [6.07, 6.45) is 1.22. The van der Waals surface area contributed by atoms with Crippen molar-refractivity contribution in [3.05, 3.63) is 0 Å². The summed E-state index contributed by atoms with van der Waals surface area (Å²) in [4.78, 5) is 0. The Kier molecular flexibility index (Phi) is 4.55. The molecule has 0 aliphatic carbocycles.